The summed E-state index contributed by atoms with van der Waals surface area (Å²) < 4.78 is 19.1. The van der Waals surface area contributed by atoms with Crippen LogP contribution in [0.15, 0.2) is 91.4 Å². The lowest BCUT2D eigenvalue weighted by atomic mass is 10.2. The molecule has 1 aromatic heterocycles. The van der Waals surface area contributed by atoms with Gasteiger partial charge in [0.15, 0.2) is 5.69 Å². The molecule has 0 saturated carbocycles. The molecule has 0 spiro atoms. The molecule has 0 aliphatic heterocycles. The second-order valence-electron chi connectivity index (χ2n) is 7.04. The smallest absolute Gasteiger partial charge is 0.358 e. The molecule has 4 aromatic rings. The molecule has 3 aromatic carbocycles. The third kappa shape index (κ3) is 5.16. The van der Waals surface area contributed by atoms with Gasteiger partial charge in [-0.3, -0.25) is 4.57 Å². The van der Waals surface area contributed by atoms with Crippen molar-refractivity contribution >= 4 is 5.97 Å². The molecule has 162 valence electrons. The van der Waals surface area contributed by atoms with Crippen LogP contribution in [0.1, 0.15) is 28.5 Å². The lowest BCUT2D eigenvalue weighted by Crippen LogP contribution is -2.06. The summed E-state index contributed by atoms with van der Waals surface area (Å²) in [7, 11) is 0. The number of carbonyl (C=O) groups excluding carboxylic acids is 1. The van der Waals surface area contributed by atoms with Crippen molar-refractivity contribution in [3.8, 4) is 17.2 Å². The molecule has 0 amide bonds. The molecule has 0 unspecified atom stereocenters. The maximum Gasteiger partial charge on any atom is 0.358 e. The van der Waals surface area contributed by atoms with Gasteiger partial charge in [0.25, 0.3) is 0 Å². The molecule has 6 nitrogen and oxygen atoms in total. The predicted molar refractivity (Wildman–Crippen MR) is 121 cm³/mol. The summed E-state index contributed by atoms with van der Waals surface area (Å²) in [5.41, 5.74) is 2.99. The standard InChI is InChI=1S/C26H24N2O4/c1-2-30-26(29)22-16-28(19-27-22)25-23(31-17-20-10-5-3-6-11-20)14-9-15-24(25)32-18-21-12-7-4-8-13-21/h3-16,19H,2,17-18H2,1H3. The van der Waals surface area contributed by atoms with E-state index in [0.717, 1.165) is 11.1 Å². The van der Waals surface area contributed by atoms with Crippen LogP contribution in [0, 0.1) is 0 Å². The van der Waals surface area contributed by atoms with Crippen molar-refractivity contribution in [3.63, 3.8) is 0 Å². The molecule has 32 heavy (non-hydrogen) atoms. The number of nitrogens with zero attached hydrogens (tertiary/aromatic N) is 2. The van der Waals surface area contributed by atoms with Crippen molar-refractivity contribution < 1.29 is 19.0 Å². The number of benzene rings is 3. The number of esters is 1. The van der Waals surface area contributed by atoms with Gasteiger partial charge in [0.1, 0.15) is 36.7 Å². The van der Waals surface area contributed by atoms with E-state index in [4.69, 9.17) is 14.2 Å². The number of hydrogen-bond donors (Lipinski definition) is 0. The van der Waals surface area contributed by atoms with Gasteiger partial charge in [0, 0.05) is 6.20 Å². The zero-order chi connectivity index (χ0) is 22.2. The molecular weight excluding hydrogens is 404 g/mol. The molecule has 0 radical (unpaired) electrons. The van der Waals surface area contributed by atoms with E-state index in [2.05, 4.69) is 4.98 Å². The van der Waals surface area contributed by atoms with Crippen molar-refractivity contribution in [2.75, 3.05) is 6.61 Å². The molecule has 6 heteroatoms. The first-order chi connectivity index (χ1) is 15.7. The maximum atomic E-state index is 12.1. The Balaban J connectivity index is 1.65. The van der Waals surface area contributed by atoms with Crippen LogP contribution >= 0.6 is 0 Å². The molecule has 0 atom stereocenters. The third-order valence-electron chi connectivity index (χ3n) is 4.76. The van der Waals surface area contributed by atoms with Crippen LogP contribution in [-0.2, 0) is 18.0 Å². The number of aromatic nitrogens is 2. The molecule has 0 bridgehead atoms. The summed E-state index contributed by atoms with van der Waals surface area (Å²) in [6, 6.07) is 25.5. The van der Waals surface area contributed by atoms with E-state index < -0.39 is 5.97 Å². The number of imidazole rings is 1. The minimum atomic E-state index is -0.472. The topological polar surface area (TPSA) is 62.6 Å². The van der Waals surface area contributed by atoms with Crippen molar-refractivity contribution in [2.24, 2.45) is 0 Å². The fraction of sp³-hybridized carbons (Fsp3) is 0.154. The first-order valence-corrected chi connectivity index (χ1v) is 10.4. The molecule has 0 aliphatic rings. The lowest BCUT2D eigenvalue weighted by molar-refractivity contribution is 0.0520. The zero-order valence-electron chi connectivity index (χ0n) is 17.8. The first-order valence-electron chi connectivity index (χ1n) is 10.4. The van der Waals surface area contributed by atoms with E-state index in [0.29, 0.717) is 30.4 Å². The number of carbonyl (C=O) groups is 1. The molecule has 0 saturated heterocycles. The molecule has 0 N–H and O–H groups in total. The highest BCUT2D eigenvalue weighted by Crippen LogP contribution is 2.34. The van der Waals surface area contributed by atoms with E-state index in [1.54, 1.807) is 24.0 Å². The summed E-state index contributed by atoms with van der Waals surface area (Å²) in [5.74, 6) is 0.764. The third-order valence-corrected chi connectivity index (χ3v) is 4.76. The molecule has 1 heterocycles. The molecular formula is C26H24N2O4. The van der Waals surface area contributed by atoms with Gasteiger partial charge in [0.2, 0.25) is 0 Å². The van der Waals surface area contributed by atoms with Crippen LogP contribution in [0.2, 0.25) is 0 Å². The summed E-state index contributed by atoms with van der Waals surface area (Å²) >= 11 is 0. The van der Waals surface area contributed by atoms with E-state index >= 15 is 0 Å². The lowest BCUT2D eigenvalue weighted by Gasteiger charge is -2.17. The fourth-order valence-corrected chi connectivity index (χ4v) is 3.22. The maximum absolute atomic E-state index is 12.1. The largest absolute Gasteiger partial charge is 0.487 e. The van der Waals surface area contributed by atoms with E-state index in [1.807, 2.05) is 78.9 Å². The highest BCUT2D eigenvalue weighted by molar-refractivity contribution is 5.87. The SMILES string of the molecule is CCOC(=O)c1cn(-c2c(OCc3ccccc3)cccc2OCc2ccccc2)cn1. The van der Waals surface area contributed by atoms with Crippen molar-refractivity contribution in [1.29, 1.82) is 0 Å². The Morgan fingerprint density at radius 2 is 1.38 bits per heavy atom. The second kappa shape index (κ2) is 10.3. The van der Waals surface area contributed by atoms with E-state index in [1.165, 1.54) is 0 Å². The Labute approximate surface area is 187 Å². The van der Waals surface area contributed by atoms with Gasteiger partial charge in [-0.1, -0.05) is 66.7 Å². The van der Waals surface area contributed by atoms with Crippen molar-refractivity contribution in [1.82, 2.24) is 9.55 Å². The van der Waals surface area contributed by atoms with Crippen LogP contribution in [0.3, 0.4) is 0 Å². The Hall–Kier alpha value is -4.06. The average molecular weight is 428 g/mol. The zero-order valence-corrected chi connectivity index (χ0v) is 17.8. The predicted octanol–water partition coefficient (Wildman–Crippen LogP) is 5.21. The van der Waals surface area contributed by atoms with Gasteiger partial charge in [-0.2, -0.15) is 0 Å². The number of rotatable bonds is 9. The van der Waals surface area contributed by atoms with Crippen LogP contribution in [0.5, 0.6) is 11.5 Å². The quantitative estimate of drug-likeness (QED) is 0.343. The van der Waals surface area contributed by atoms with Gasteiger partial charge < -0.3 is 14.2 Å². The van der Waals surface area contributed by atoms with Crippen LogP contribution in [0.4, 0.5) is 0 Å². The van der Waals surface area contributed by atoms with Crippen molar-refractivity contribution in [2.45, 2.75) is 20.1 Å². The highest BCUT2D eigenvalue weighted by atomic mass is 16.5. The average Bonchev–Trinajstić information content (AvgIpc) is 3.33. The fourth-order valence-electron chi connectivity index (χ4n) is 3.22. The van der Waals surface area contributed by atoms with Gasteiger partial charge in [-0.15, -0.1) is 0 Å². The molecule has 0 aliphatic carbocycles. The number of ether oxygens (including phenoxy) is 3. The van der Waals surface area contributed by atoms with Crippen molar-refractivity contribution in [3.05, 3.63) is 108 Å². The Morgan fingerprint density at radius 3 is 1.91 bits per heavy atom. The first kappa shape index (κ1) is 21.2. The van der Waals surface area contributed by atoms with Crippen LogP contribution in [-0.4, -0.2) is 22.1 Å². The number of hydrogen-bond acceptors (Lipinski definition) is 5. The summed E-state index contributed by atoms with van der Waals surface area (Å²) in [6.45, 7) is 2.84. The van der Waals surface area contributed by atoms with Crippen LogP contribution in [0.25, 0.3) is 5.69 Å². The monoisotopic (exact) mass is 428 g/mol. The molecule has 0 fully saturated rings. The van der Waals surface area contributed by atoms with Crippen LogP contribution < -0.4 is 9.47 Å². The summed E-state index contributed by atoms with van der Waals surface area (Å²) in [6.07, 6.45) is 3.18. The Bertz CT molecular complexity index is 1100. The van der Waals surface area contributed by atoms with E-state index in [-0.39, 0.29) is 12.3 Å². The summed E-state index contributed by atoms with van der Waals surface area (Å²) in [5, 5.41) is 0. The Morgan fingerprint density at radius 1 is 0.812 bits per heavy atom. The van der Waals surface area contributed by atoms with Gasteiger partial charge >= 0.3 is 5.97 Å². The number of para-hydroxylation sites is 1. The van der Waals surface area contributed by atoms with E-state index in [9.17, 15) is 4.79 Å². The minimum Gasteiger partial charge on any atom is -0.487 e. The van der Waals surface area contributed by atoms with Gasteiger partial charge in [-0.05, 0) is 30.2 Å². The highest BCUT2D eigenvalue weighted by Gasteiger charge is 2.17. The summed E-state index contributed by atoms with van der Waals surface area (Å²) in [4.78, 5) is 16.3. The minimum absolute atomic E-state index is 0.221. The normalized spacial score (nSPS) is 10.5. The second-order valence-corrected chi connectivity index (χ2v) is 7.04. The van der Waals surface area contributed by atoms with Gasteiger partial charge in [-0.25, -0.2) is 9.78 Å². The Kier molecular flexibility index (Phi) is 6.82. The van der Waals surface area contributed by atoms with Gasteiger partial charge in [0.05, 0.1) is 6.61 Å². The molecule has 4 rings (SSSR count).